The summed E-state index contributed by atoms with van der Waals surface area (Å²) in [5.41, 5.74) is 4.70. The Morgan fingerprint density at radius 2 is 1.57 bits per heavy atom. The average Bonchev–Trinajstić information content (AvgIpc) is 3.17. The van der Waals surface area contributed by atoms with Gasteiger partial charge < -0.3 is 19.1 Å². The van der Waals surface area contributed by atoms with Crippen LogP contribution in [0.15, 0.2) is 42.5 Å². The van der Waals surface area contributed by atoms with Crippen LogP contribution in [0.1, 0.15) is 35.2 Å². The van der Waals surface area contributed by atoms with Gasteiger partial charge in [0.1, 0.15) is 6.61 Å². The third-order valence-electron chi connectivity index (χ3n) is 6.17. The van der Waals surface area contributed by atoms with E-state index in [0.717, 1.165) is 40.6 Å². The van der Waals surface area contributed by atoms with Crippen LogP contribution >= 0.6 is 0 Å². The van der Waals surface area contributed by atoms with Crippen molar-refractivity contribution in [3.63, 3.8) is 0 Å². The molecule has 0 saturated carbocycles. The highest BCUT2D eigenvalue weighted by Crippen LogP contribution is 2.42. The number of nitrogens with zero attached hydrogens (tertiary/aromatic N) is 1. The smallest absolute Gasteiger partial charge is 0.339 e. The summed E-state index contributed by atoms with van der Waals surface area (Å²) in [6, 6.07) is 14.5. The van der Waals surface area contributed by atoms with Crippen molar-refractivity contribution in [2.24, 2.45) is 0 Å². The van der Waals surface area contributed by atoms with Gasteiger partial charge in [-0.15, -0.1) is 0 Å². The molecule has 2 heterocycles. The number of fused-ring (bicyclic) bond motifs is 2. The van der Waals surface area contributed by atoms with E-state index in [4.69, 9.17) is 14.2 Å². The monoisotopic (exact) mass is 403 g/mol. The lowest BCUT2D eigenvalue weighted by Crippen LogP contribution is -2.29. The van der Waals surface area contributed by atoms with Crippen LogP contribution in [0.2, 0.25) is 0 Å². The number of esters is 1. The Kier molecular flexibility index (Phi) is 4.74. The van der Waals surface area contributed by atoms with Crippen LogP contribution in [0.25, 0.3) is 21.9 Å². The van der Waals surface area contributed by atoms with E-state index in [1.165, 1.54) is 24.9 Å². The highest BCUT2D eigenvalue weighted by atomic mass is 16.5. The standard InChI is InChI=1S/C25H25NO4/c1-28-21-13-17-12-18-15-30-25(27)24(18)23(20(17)14-22(21)29-2)16-6-8-19(9-7-16)26-10-4-3-5-11-26/h6-9,12-14H,3-5,10-11,15H2,1-2H3. The summed E-state index contributed by atoms with van der Waals surface area (Å²) >= 11 is 0. The van der Waals surface area contributed by atoms with Crippen molar-refractivity contribution in [3.05, 3.63) is 53.6 Å². The largest absolute Gasteiger partial charge is 0.493 e. The van der Waals surface area contributed by atoms with Crippen molar-refractivity contribution in [1.82, 2.24) is 0 Å². The molecule has 2 aliphatic rings. The van der Waals surface area contributed by atoms with Gasteiger partial charge in [0.2, 0.25) is 0 Å². The first-order valence-electron chi connectivity index (χ1n) is 10.4. The Hall–Kier alpha value is -3.21. The molecule has 0 spiro atoms. The Balaban J connectivity index is 1.69. The quantitative estimate of drug-likeness (QED) is 0.562. The SMILES string of the molecule is COc1cc2cc3c(c(-c4ccc(N5CCCCC5)cc4)c2cc1OC)C(=O)OC3. The van der Waals surface area contributed by atoms with E-state index >= 15 is 0 Å². The normalized spacial score (nSPS) is 15.8. The van der Waals surface area contributed by atoms with Crippen LogP contribution < -0.4 is 14.4 Å². The molecule has 3 aromatic carbocycles. The molecule has 0 radical (unpaired) electrons. The van der Waals surface area contributed by atoms with Crippen LogP contribution in [0, 0.1) is 0 Å². The molecule has 3 aromatic rings. The second kappa shape index (κ2) is 7.56. The zero-order chi connectivity index (χ0) is 20.7. The molecular formula is C25H25NO4. The second-order valence-electron chi connectivity index (χ2n) is 7.88. The molecule has 154 valence electrons. The van der Waals surface area contributed by atoms with E-state index < -0.39 is 0 Å². The lowest BCUT2D eigenvalue weighted by molar-refractivity contribution is 0.0535. The summed E-state index contributed by atoms with van der Waals surface area (Å²) in [5, 5.41) is 1.95. The number of benzene rings is 3. The number of anilines is 1. The predicted molar refractivity (Wildman–Crippen MR) is 118 cm³/mol. The maximum atomic E-state index is 12.6. The van der Waals surface area contributed by atoms with Gasteiger partial charge in [0.05, 0.1) is 19.8 Å². The molecule has 1 saturated heterocycles. The van der Waals surface area contributed by atoms with Gasteiger partial charge in [-0.05, 0) is 65.9 Å². The first-order valence-corrected chi connectivity index (χ1v) is 10.4. The second-order valence-corrected chi connectivity index (χ2v) is 7.88. The average molecular weight is 403 g/mol. The molecule has 0 amide bonds. The molecule has 0 bridgehead atoms. The van der Waals surface area contributed by atoms with Gasteiger partial charge in [0, 0.05) is 29.9 Å². The molecule has 5 nitrogen and oxygen atoms in total. The van der Waals surface area contributed by atoms with Crippen molar-refractivity contribution >= 4 is 22.4 Å². The summed E-state index contributed by atoms with van der Waals surface area (Å²) in [7, 11) is 3.25. The number of ether oxygens (including phenoxy) is 3. The van der Waals surface area contributed by atoms with Crippen LogP contribution in [-0.2, 0) is 11.3 Å². The van der Waals surface area contributed by atoms with Crippen molar-refractivity contribution < 1.29 is 19.0 Å². The van der Waals surface area contributed by atoms with Crippen molar-refractivity contribution in [3.8, 4) is 22.6 Å². The highest BCUT2D eigenvalue weighted by Gasteiger charge is 2.28. The van der Waals surface area contributed by atoms with Gasteiger partial charge >= 0.3 is 5.97 Å². The summed E-state index contributed by atoms with van der Waals surface area (Å²) in [4.78, 5) is 15.0. The number of rotatable bonds is 4. The van der Waals surface area contributed by atoms with E-state index in [2.05, 4.69) is 29.2 Å². The Morgan fingerprint density at radius 1 is 0.867 bits per heavy atom. The van der Waals surface area contributed by atoms with E-state index in [-0.39, 0.29) is 5.97 Å². The molecule has 30 heavy (non-hydrogen) atoms. The predicted octanol–water partition coefficient (Wildman–Crippen LogP) is 5.18. The topological polar surface area (TPSA) is 48.0 Å². The first kappa shape index (κ1) is 18.8. The molecule has 0 N–H and O–H groups in total. The minimum absolute atomic E-state index is 0.267. The fourth-order valence-electron chi connectivity index (χ4n) is 4.64. The third-order valence-corrected chi connectivity index (χ3v) is 6.17. The van der Waals surface area contributed by atoms with Crippen LogP contribution in [-0.4, -0.2) is 33.3 Å². The molecule has 0 unspecified atom stereocenters. The molecule has 0 atom stereocenters. The number of hydrogen-bond donors (Lipinski definition) is 0. The van der Waals surface area contributed by atoms with Crippen molar-refractivity contribution in [1.29, 1.82) is 0 Å². The van der Waals surface area contributed by atoms with E-state index in [1.807, 2.05) is 18.2 Å². The molecular weight excluding hydrogens is 378 g/mol. The summed E-state index contributed by atoms with van der Waals surface area (Å²) in [5.74, 6) is 1.04. The van der Waals surface area contributed by atoms with Gasteiger partial charge in [-0.3, -0.25) is 0 Å². The lowest BCUT2D eigenvalue weighted by atomic mass is 9.90. The van der Waals surface area contributed by atoms with Crippen LogP contribution in [0.4, 0.5) is 5.69 Å². The number of cyclic esters (lactones) is 1. The minimum Gasteiger partial charge on any atom is -0.493 e. The lowest BCUT2D eigenvalue weighted by Gasteiger charge is -2.29. The zero-order valence-corrected chi connectivity index (χ0v) is 17.4. The molecule has 2 aliphatic heterocycles. The van der Waals surface area contributed by atoms with Crippen molar-refractivity contribution in [2.45, 2.75) is 25.9 Å². The molecule has 1 fully saturated rings. The molecule has 0 aliphatic carbocycles. The number of carbonyl (C=O) groups excluding carboxylic acids is 1. The van der Waals surface area contributed by atoms with E-state index in [1.54, 1.807) is 14.2 Å². The Morgan fingerprint density at radius 3 is 2.27 bits per heavy atom. The highest BCUT2D eigenvalue weighted by molar-refractivity contribution is 6.11. The maximum Gasteiger partial charge on any atom is 0.339 e. The summed E-state index contributed by atoms with van der Waals surface area (Å²) < 4.78 is 16.4. The molecule has 5 heteroatoms. The number of piperidine rings is 1. The molecule has 5 rings (SSSR count). The van der Waals surface area contributed by atoms with Crippen LogP contribution in [0.3, 0.4) is 0 Å². The minimum atomic E-state index is -0.267. The van der Waals surface area contributed by atoms with Gasteiger partial charge in [0.25, 0.3) is 0 Å². The number of hydrogen-bond acceptors (Lipinski definition) is 5. The first-order chi connectivity index (χ1) is 14.7. The fraction of sp³-hybridized carbons (Fsp3) is 0.320. The third kappa shape index (κ3) is 3.05. The van der Waals surface area contributed by atoms with E-state index in [9.17, 15) is 4.79 Å². The molecule has 0 aromatic heterocycles. The number of methoxy groups -OCH3 is 2. The van der Waals surface area contributed by atoms with E-state index in [0.29, 0.717) is 23.7 Å². The van der Waals surface area contributed by atoms with Crippen molar-refractivity contribution in [2.75, 3.05) is 32.2 Å². The Labute approximate surface area is 176 Å². The van der Waals surface area contributed by atoms with Gasteiger partial charge in [-0.25, -0.2) is 4.79 Å². The fourth-order valence-corrected chi connectivity index (χ4v) is 4.64. The summed E-state index contributed by atoms with van der Waals surface area (Å²) in [6.07, 6.45) is 3.79. The van der Waals surface area contributed by atoms with Gasteiger partial charge in [0.15, 0.2) is 11.5 Å². The van der Waals surface area contributed by atoms with Gasteiger partial charge in [-0.1, -0.05) is 12.1 Å². The van der Waals surface area contributed by atoms with Gasteiger partial charge in [-0.2, -0.15) is 0 Å². The maximum absolute atomic E-state index is 12.6. The zero-order valence-electron chi connectivity index (χ0n) is 17.4. The van der Waals surface area contributed by atoms with Crippen LogP contribution in [0.5, 0.6) is 11.5 Å². The summed E-state index contributed by atoms with van der Waals surface area (Å²) in [6.45, 7) is 2.51. The number of carbonyl (C=O) groups is 1. The Bertz CT molecular complexity index is 1110.